The summed E-state index contributed by atoms with van der Waals surface area (Å²) >= 11 is 0. The second-order valence-electron chi connectivity index (χ2n) is 5.06. The second-order valence-corrected chi connectivity index (χ2v) is 5.06. The standard InChI is InChI=1S/C16H19N3O/c20-14-2-1-13-6-10-19-16(15(13)11-14)18-9-5-12-3-7-17-8-4-12/h1-3,6,10-11,17,20H,4-5,7-9H2,(H,18,19). The van der Waals surface area contributed by atoms with Gasteiger partial charge in [0.25, 0.3) is 0 Å². The number of anilines is 1. The molecule has 2 heterocycles. The van der Waals surface area contributed by atoms with Gasteiger partial charge < -0.3 is 15.7 Å². The third-order valence-corrected chi connectivity index (χ3v) is 3.65. The molecule has 0 amide bonds. The monoisotopic (exact) mass is 269 g/mol. The first-order valence-corrected chi connectivity index (χ1v) is 7.03. The number of rotatable bonds is 4. The number of fused-ring (bicyclic) bond motifs is 1. The van der Waals surface area contributed by atoms with Gasteiger partial charge in [0.2, 0.25) is 0 Å². The van der Waals surface area contributed by atoms with Crippen molar-refractivity contribution in [2.24, 2.45) is 0 Å². The number of nitrogens with zero attached hydrogens (tertiary/aromatic N) is 1. The Morgan fingerprint density at radius 2 is 2.25 bits per heavy atom. The predicted molar refractivity (Wildman–Crippen MR) is 82.1 cm³/mol. The number of benzene rings is 1. The average molecular weight is 269 g/mol. The van der Waals surface area contributed by atoms with Gasteiger partial charge in [0.15, 0.2) is 0 Å². The van der Waals surface area contributed by atoms with Crippen LogP contribution < -0.4 is 10.6 Å². The molecule has 104 valence electrons. The van der Waals surface area contributed by atoms with Gasteiger partial charge in [-0.1, -0.05) is 17.7 Å². The molecule has 4 heteroatoms. The van der Waals surface area contributed by atoms with Crippen molar-refractivity contribution in [3.8, 4) is 5.75 Å². The van der Waals surface area contributed by atoms with Crippen molar-refractivity contribution in [1.82, 2.24) is 10.3 Å². The summed E-state index contributed by atoms with van der Waals surface area (Å²) in [6, 6.07) is 7.32. The molecular weight excluding hydrogens is 250 g/mol. The number of hydrogen-bond acceptors (Lipinski definition) is 4. The summed E-state index contributed by atoms with van der Waals surface area (Å²) in [5, 5.41) is 18.4. The number of nitrogens with one attached hydrogen (secondary N) is 2. The maximum absolute atomic E-state index is 9.61. The van der Waals surface area contributed by atoms with Crippen LogP contribution in [0.3, 0.4) is 0 Å². The van der Waals surface area contributed by atoms with Gasteiger partial charge in [-0.15, -0.1) is 0 Å². The van der Waals surface area contributed by atoms with Crippen LogP contribution in [-0.2, 0) is 0 Å². The van der Waals surface area contributed by atoms with Crippen LogP contribution in [0.4, 0.5) is 5.82 Å². The van der Waals surface area contributed by atoms with Crippen molar-refractivity contribution in [1.29, 1.82) is 0 Å². The molecule has 0 fully saturated rings. The van der Waals surface area contributed by atoms with Crippen LogP contribution in [0.1, 0.15) is 12.8 Å². The van der Waals surface area contributed by atoms with Crippen LogP contribution >= 0.6 is 0 Å². The van der Waals surface area contributed by atoms with Crippen molar-refractivity contribution >= 4 is 16.6 Å². The van der Waals surface area contributed by atoms with E-state index in [9.17, 15) is 5.11 Å². The first-order chi connectivity index (χ1) is 9.83. The quantitative estimate of drug-likeness (QED) is 0.747. The van der Waals surface area contributed by atoms with E-state index in [1.54, 1.807) is 18.3 Å². The van der Waals surface area contributed by atoms with Gasteiger partial charge in [0.1, 0.15) is 11.6 Å². The maximum atomic E-state index is 9.61. The summed E-state index contributed by atoms with van der Waals surface area (Å²) < 4.78 is 0. The lowest BCUT2D eigenvalue weighted by Crippen LogP contribution is -2.21. The number of phenols is 1. The van der Waals surface area contributed by atoms with Gasteiger partial charge >= 0.3 is 0 Å². The Bertz CT molecular complexity index is 637. The first kappa shape index (κ1) is 12.9. The Kier molecular flexibility index (Phi) is 3.83. The molecule has 4 nitrogen and oxygen atoms in total. The fourth-order valence-corrected chi connectivity index (χ4v) is 2.54. The minimum Gasteiger partial charge on any atom is -0.508 e. The molecule has 1 aliphatic rings. The molecule has 0 saturated carbocycles. The lowest BCUT2D eigenvalue weighted by Gasteiger charge is -2.15. The van der Waals surface area contributed by atoms with Crippen molar-refractivity contribution in [3.63, 3.8) is 0 Å². The molecule has 3 N–H and O–H groups in total. The molecule has 2 aromatic rings. The molecule has 3 rings (SSSR count). The number of phenolic OH excluding ortho intramolecular Hbond substituents is 1. The minimum atomic E-state index is 0.273. The summed E-state index contributed by atoms with van der Waals surface area (Å²) in [7, 11) is 0. The zero-order valence-corrected chi connectivity index (χ0v) is 11.4. The summed E-state index contributed by atoms with van der Waals surface area (Å²) in [5.74, 6) is 1.11. The first-order valence-electron chi connectivity index (χ1n) is 7.03. The normalized spacial score (nSPS) is 15.1. The predicted octanol–water partition coefficient (Wildman–Crippen LogP) is 2.66. The van der Waals surface area contributed by atoms with Gasteiger partial charge in [-0.25, -0.2) is 4.98 Å². The van der Waals surface area contributed by atoms with Crippen LogP contribution in [0.15, 0.2) is 42.1 Å². The summed E-state index contributed by atoms with van der Waals surface area (Å²) in [4.78, 5) is 4.38. The summed E-state index contributed by atoms with van der Waals surface area (Å²) in [6.07, 6.45) is 6.24. The third-order valence-electron chi connectivity index (χ3n) is 3.65. The number of pyridine rings is 1. The molecule has 0 unspecified atom stereocenters. The van der Waals surface area contributed by atoms with E-state index in [0.717, 1.165) is 49.1 Å². The molecule has 20 heavy (non-hydrogen) atoms. The Morgan fingerprint density at radius 1 is 1.30 bits per heavy atom. The van der Waals surface area contributed by atoms with Crippen LogP contribution in [-0.4, -0.2) is 29.7 Å². The molecule has 1 aromatic heterocycles. The van der Waals surface area contributed by atoms with Gasteiger partial charge in [-0.2, -0.15) is 0 Å². The van der Waals surface area contributed by atoms with Gasteiger partial charge in [0, 0.05) is 24.7 Å². The van der Waals surface area contributed by atoms with E-state index < -0.39 is 0 Å². The Labute approximate surface area is 118 Å². The highest BCUT2D eigenvalue weighted by Crippen LogP contribution is 2.25. The van der Waals surface area contributed by atoms with Crippen LogP contribution in [0.25, 0.3) is 10.8 Å². The lowest BCUT2D eigenvalue weighted by atomic mass is 10.1. The van der Waals surface area contributed by atoms with E-state index in [1.165, 1.54) is 5.57 Å². The number of aromatic nitrogens is 1. The average Bonchev–Trinajstić information content (AvgIpc) is 2.49. The van der Waals surface area contributed by atoms with Crippen molar-refractivity contribution in [2.75, 3.05) is 25.0 Å². The van der Waals surface area contributed by atoms with E-state index in [2.05, 4.69) is 21.7 Å². The molecule has 1 aromatic carbocycles. The largest absolute Gasteiger partial charge is 0.508 e. The number of aromatic hydroxyl groups is 1. The van der Waals surface area contributed by atoms with E-state index in [4.69, 9.17) is 0 Å². The fourth-order valence-electron chi connectivity index (χ4n) is 2.54. The van der Waals surface area contributed by atoms with Crippen molar-refractivity contribution in [2.45, 2.75) is 12.8 Å². The van der Waals surface area contributed by atoms with Gasteiger partial charge in [0.05, 0.1) is 0 Å². The van der Waals surface area contributed by atoms with Crippen LogP contribution in [0, 0.1) is 0 Å². The van der Waals surface area contributed by atoms with E-state index in [0.29, 0.717) is 0 Å². The molecule has 0 saturated heterocycles. The van der Waals surface area contributed by atoms with E-state index in [-0.39, 0.29) is 5.75 Å². The van der Waals surface area contributed by atoms with E-state index in [1.807, 2.05) is 12.1 Å². The topological polar surface area (TPSA) is 57.2 Å². The summed E-state index contributed by atoms with van der Waals surface area (Å²) in [5.41, 5.74) is 1.50. The molecule has 1 aliphatic heterocycles. The minimum absolute atomic E-state index is 0.273. The Balaban J connectivity index is 1.71. The van der Waals surface area contributed by atoms with Crippen molar-refractivity contribution in [3.05, 3.63) is 42.1 Å². The molecule has 0 bridgehead atoms. The fraction of sp³-hybridized carbons (Fsp3) is 0.312. The third kappa shape index (κ3) is 2.91. The Morgan fingerprint density at radius 3 is 3.10 bits per heavy atom. The molecule has 0 aliphatic carbocycles. The zero-order chi connectivity index (χ0) is 13.8. The van der Waals surface area contributed by atoms with Crippen LogP contribution in [0.5, 0.6) is 5.75 Å². The second kappa shape index (κ2) is 5.92. The van der Waals surface area contributed by atoms with Crippen molar-refractivity contribution < 1.29 is 5.11 Å². The molecule has 0 radical (unpaired) electrons. The zero-order valence-electron chi connectivity index (χ0n) is 11.4. The lowest BCUT2D eigenvalue weighted by molar-refractivity contribution is 0.476. The number of hydrogen-bond donors (Lipinski definition) is 3. The summed E-state index contributed by atoms with van der Waals surface area (Å²) in [6.45, 7) is 2.93. The SMILES string of the molecule is Oc1ccc2ccnc(NCCC3=CCNCC3)c2c1. The van der Waals surface area contributed by atoms with Crippen LogP contribution in [0.2, 0.25) is 0 Å². The van der Waals surface area contributed by atoms with Gasteiger partial charge in [-0.3, -0.25) is 0 Å². The smallest absolute Gasteiger partial charge is 0.133 e. The molecule has 0 atom stereocenters. The Hall–Kier alpha value is -2.07. The highest BCUT2D eigenvalue weighted by Gasteiger charge is 2.05. The van der Waals surface area contributed by atoms with Gasteiger partial charge in [-0.05, 0) is 43.0 Å². The maximum Gasteiger partial charge on any atom is 0.133 e. The molecular formula is C16H19N3O. The highest BCUT2D eigenvalue weighted by molar-refractivity contribution is 5.92. The molecule has 0 spiro atoms. The van der Waals surface area contributed by atoms with E-state index >= 15 is 0 Å². The highest BCUT2D eigenvalue weighted by atomic mass is 16.3.